The van der Waals surface area contributed by atoms with E-state index in [0.29, 0.717) is 12.0 Å². The van der Waals surface area contributed by atoms with Crippen molar-refractivity contribution in [1.29, 1.82) is 0 Å². The van der Waals surface area contributed by atoms with E-state index in [2.05, 4.69) is 55.9 Å². The predicted molar refractivity (Wildman–Crippen MR) is 83.6 cm³/mol. The van der Waals surface area contributed by atoms with E-state index in [-0.39, 0.29) is 0 Å². The molecule has 1 aromatic heterocycles. The van der Waals surface area contributed by atoms with Gasteiger partial charge in [-0.25, -0.2) is 4.98 Å². The van der Waals surface area contributed by atoms with Gasteiger partial charge in [0.05, 0.1) is 0 Å². The van der Waals surface area contributed by atoms with Gasteiger partial charge >= 0.3 is 0 Å². The van der Waals surface area contributed by atoms with E-state index in [1.165, 1.54) is 5.56 Å². The molecule has 19 heavy (non-hydrogen) atoms. The fourth-order valence-corrected chi connectivity index (χ4v) is 2.16. The number of hydrogen-bond acceptors (Lipinski definition) is 3. The highest BCUT2D eigenvalue weighted by Gasteiger charge is 2.16. The smallest absolute Gasteiger partial charge is 0.133 e. The Labute approximate surface area is 118 Å². The zero-order valence-electron chi connectivity index (χ0n) is 13.1. The topological polar surface area (TPSA) is 28.2 Å². The molecule has 3 heteroatoms. The fourth-order valence-electron chi connectivity index (χ4n) is 2.16. The standard InChI is InChI=1S/C16H29N3/c1-6-9-17-11-15-8-7-10-18-16(15)19(14(4)5)12-13(2)3/h7-8,10,13-14,17H,6,9,11-12H2,1-5H3. The fraction of sp³-hybridized carbons (Fsp3) is 0.688. The summed E-state index contributed by atoms with van der Waals surface area (Å²) < 4.78 is 0. The lowest BCUT2D eigenvalue weighted by Gasteiger charge is -2.31. The van der Waals surface area contributed by atoms with Crippen LogP contribution < -0.4 is 10.2 Å². The van der Waals surface area contributed by atoms with Gasteiger partial charge in [0.2, 0.25) is 0 Å². The van der Waals surface area contributed by atoms with Crippen LogP contribution in [0.4, 0.5) is 5.82 Å². The molecule has 1 rings (SSSR count). The maximum absolute atomic E-state index is 4.62. The number of anilines is 1. The molecular weight excluding hydrogens is 234 g/mol. The van der Waals surface area contributed by atoms with Gasteiger partial charge in [0.15, 0.2) is 0 Å². The highest BCUT2D eigenvalue weighted by molar-refractivity contribution is 5.47. The van der Waals surface area contributed by atoms with Crippen LogP contribution in [0.2, 0.25) is 0 Å². The van der Waals surface area contributed by atoms with E-state index in [0.717, 1.165) is 31.9 Å². The van der Waals surface area contributed by atoms with Crippen LogP contribution in [0.15, 0.2) is 18.3 Å². The van der Waals surface area contributed by atoms with E-state index >= 15 is 0 Å². The molecule has 0 fully saturated rings. The number of pyridine rings is 1. The number of rotatable bonds is 8. The van der Waals surface area contributed by atoms with Crippen molar-refractivity contribution in [1.82, 2.24) is 10.3 Å². The van der Waals surface area contributed by atoms with E-state index in [1.54, 1.807) is 0 Å². The highest BCUT2D eigenvalue weighted by atomic mass is 15.2. The second-order valence-corrected chi connectivity index (χ2v) is 5.80. The summed E-state index contributed by atoms with van der Waals surface area (Å²) in [6.45, 7) is 14.2. The van der Waals surface area contributed by atoms with E-state index < -0.39 is 0 Å². The normalized spacial score (nSPS) is 11.3. The van der Waals surface area contributed by atoms with Crippen LogP contribution in [0.3, 0.4) is 0 Å². The van der Waals surface area contributed by atoms with Gasteiger partial charge < -0.3 is 10.2 Å². The molecule has 0 radical (unpaired) electrons. The predicted octanol–water partition coefficient (Wildman–Crippen LogP) is 3.45. The molecule has 1 heterocycles. The van der Waals surface area contributed by atoms with Crippen molar-refractivity contribution in [2.45, 2.75) is 53.6 Å². The molecule has 1 aromatic rings. The van der Waals surface area contributed by atoms with Crippen LogP contribution in [-0.4, -0.2) is 24.1 Å². The third-order valence-electron chi connectivity index (χ3n) is 3.07. The first-order valence-corrected chi connectivity index (χ1v) is 7.47. The summed E-state index contributed by atoms with van der Waals surface area (Å²) in [5.41, 5.74) is 1.30. The number of hydrogen-bond donors (Lipinski definition) is 1. The van der Waals surface area contributed by atoms with E-state index in [4.69, 9.17) is 0 Å². The Kier molecular flexibility index (Phi) is 6.85. The average Bonchev–Trinajstić information content (AvgIpc) is 2.36. The van der Waals surface area contributed by atoms with E-state index in [1.807, 2.05) is 12.3 Å². The zero-order valence-corrected chi connectivity index (χ0v) is 13.1. The summed E-state index contributed by atoms with van der Waals surface area (Å²) in [4.78, 5) is 7.03. The first-order valence-electron chi connectivity index (χ1n) is 7.47. The molecule has 0 bridgehead atoms. The number of nitrogens with one attached hydrogen (secondary N) is 1. The minimum Gasteiger partial charge on any atom is -0.354 e. The molecule has 0 aromatic carbocycles. The third kappa shape index (κ3) is 5.19. The zero-order chi connectivity index (χ0) is 14.3. The lowest BCUT2D eigenvalue weighted by Crippen LogP contribution is -2.36. The maximum Gasteiger partial charge on any atom is 0.133 e. The van der Waals surface area contributed by atoms with Crippen molar-refractivity contribution >= 4 is 5.82 Å². The maximum atomic E-state index is 4.62. The van der Waals surface area contributed by atoms with Crippen LogP contribution >= 0.6 is 0 Å². The second kappa shape index (κ2) is 8.16. The van der Waals surface area contributed by atoms with Gasteiger partial charge in [-0.15, -0.1) is 0 Å². The summed E-state index contributed by atoms with van der Waals surface area (Å²) in [6, 6.07) is 4.68. The Balaban J connectivity index is 2.88. The summed E-state index contributed by atoms with van der Waals surface area (Å²) in [6.07, 6.45) is 3.06. The molecule has 0 unspecified atom stereocenters. The SMILES string of the molecule is CCCNCc1cccnc1N(CC(C)C)C(C)C. The van der Waals surface area contributed by atoms with Crippen LogP contribution in [-0.2, 0) is 6.54 Å². The summed E-state index contributed by atoms with van der Waals surface area (Å²) in [5.74, 6) is 1.77. The molecule has 0 spiro atoms. The Morgan fingerprint density at radius 3 is 2.58 bits per heavy atom. The molecule has 0 aliphatic rings. The molecule has 108 valence electrons. The Morgan fingerprint density at radius 1 is 1.26 bits per heavy atom. The lowest BCUT2D eigenvalue weighted by atomic mass is 10.1. The van der Waals surface area contributed by atoms with Crippen molar-refractivity contribution in [3.05, 3.63) is 23.9 Å². The Hall–Kier alpha value is -1.09. The summed E-state index contributed by atoms with van der Waals surface area (Å²) in [7, 11) is 0. The minimum absolute atomic E-state index is 0.474. The largest absolute Gasteiger partial charge is 0.354 e. The van der Waals surface area contributed by atoms with Crippen molar-refractivity contribution in [2.75, 3.05) is 18.0 Å². The minimum atomic E-state index is 0.474. The molecule has 0 atom stereocenters. The van der Waals surface area contributed by atoms with Gasteiger partial charge in [-0.1, -0.05) is 26.8 Å². The van der Waals surface area contributed by atoms with Crippen LogP contribution in [0.5, 0.6) is 0 Å². The second-order valence-electron chi connectivity index (χ2n) is 5.80. The van der Waals surface area contributed by atoms with Crippen molar-refractivity contribution < 1.29 is 0 Å². The molecule has 0 aliphatic carbocycles. The average molecular weight is 263 g/mol. The van der Waals surface area contributed by atoms with Gasteiger partial charge in [0, 0.05) is 30.9 Å². The van der Waals surface area contributed by atoms with Gasteiger partial charge in [-0.3, -0.25) is 0 Å². The van der Waals surface area contributed by atoms with Crippen LogP contribution in [0.25, 0.3) is 0 Å². The van der Waals surface area contributed by atoms with Crippen molar-refractivity contribution in [3.63, 3.8) is 0 Å². The molecule has 0 amide bonds. The Morgan fingerprint density at radius 2 is 2.00 bits per heavy atom. The summed E-state index contributed by atoms with van der Waals surface area (Å²) >= 11 is 0. The van der Waals surface area contributed by atoms with Crippen LogP contribution in [0.1, 0.15) is 46.6 Å². The Bertz CT molecular complexity index is 361. The number of aromatic nitrogens is 1. The number of nitrogens with zero attached hydrogens (tertiary/aromatic N) is 2. The van der Waals surface area contributed by atoms with Crippen molar-refractivity contribution in [3.8, 4) is 0 Å². The first kappa shape index (κ1) is 16.0. The quantitative estimate of drug-likeness (QED) is 0.728. The lowest BCUT2D eigenvalue weighted by molar-refractivity contribution is 0.561. The monoisotopic (exact) mass is 263 g/mol. The van der Waals surface area contributed by atoms with Gasteiger partial charge in [-0.05, 0) is 38.8 Å². The molecule has 0 aliphatic heterocycles. The third-order valence-corrected chi connectivity index (χ3v) is 3.07. The van der Waals surface area contributed by atoms with Crippen LogP contribution in [0, 0.1) is 5.92 Å². The molecular formula is C16H29N3. The van der Waals surface area contributed by atoms with E-state index in [9.17, 15) is 0 Å². The molecule has 1 N–H and O–H groups in total. The van der Waals surface area contributed by atoms with Crippen molar-refractivity contribution in [2.24, 2.45) is 5.92 Å². The first-order chi connectivity index (χ1) is 9.06. The van der Waals surface area contributed by atoms with Gasteiger partial charge in [0.25, 0.3) is 0 Å². The van der Waals surface area contributed by atoms with Gasteiger partial charge in [0.1, 0.15) is 5.82 Å². The highest BCUT2D eigenvalue weighted by Crippen LogP contribution is 2.20. The molecule has 0 saturated heterocycles. The molecule has 0 saturated carbocycles. The van der Waals surface area contributed by atoms with Gasteiger partial charge in [-0.2, -0.15) is 0 Å². The summed E-state index contributed by atoms with van der Waals surface area (Å²) in [5, 5.41) is 3.47. The molecule has 3 nitrogen and oxygen atoms in total.